The van der Waals surface area contributed by atoms with Gasteiger partial charge in [0.2, 0.25) is 0 Å². The molecule has 1 heterocycles. The van der Waals surface area contributed by atoms with Crippen molar-refractivity contribution in [2.75, 3.05) is 13.1 Å². The quantitative estimate of drug-likeness (QED) is 0.664. The molecule has 2 atom stereocenters. The number of aryl methyl sites for hydroxylation is 1. The van der Waals surface area contributed by atoms with Crippen LogP contribution in [0.3, 0.4) is 0 Å². The van der Waals surface area contributed by atoms with Crippen LogP contribution in [0.15, 0.2) is 17.1 Å². The first-order valence-corrected chi connectivity index (χ1v) is 9.69. The van der Waals surface area contributed by atoms with Crippen LogP contribution in [-0.2, 0) is 6.42 Å². The number of nitrogens with zero attached hydrogens (tertiary/aromatic N) is 1. The third-order valence-corrected chi connectivity index (χ3v) is 5.05. The predicted octanol–water partition coefficient (Wildman–Crippen LogP) is 3.20. The van der Waals surface area contributed by atoms with Crippen molar-refractivity contribution < 1.29 is 4.74 Å². The lowest BCUT2D eigenvalue weighted by Crippen LogP contribution is -2.33. The van der Waals surface area contributed by atoms with Gasteiger partial charge in [0.15, 0.2) is 6.10 Å². The highest BCUT2D eigenvalue weighted by molar-refractivity contribution is 5.90. The molecule has 0 amide bonds. The average molecular weight is 345 g/mol. The number of nitrogens with two attached hydrogens (primary N) is 1. The molecule has 0 saturated heterocycles. The van der Waals surface area contributed by atoms with E-state index >= 15 is 0 Å². The number of rotatable bonds is 7. The number of nitrogens with one attached hydrogen (secondary N) is 2. The van der Waals surface area contributed by atoms with Crippen molar-refractivity contribution in [3.63, 3.8) is 0 Å². The molecule has 1 aromatic carbocycles. The van der Waals surface area contributed by atoms with Gasteiger partial charge in [0, 0.05) is 12.1 Å². The molecule has 4 N–H and O–H groups in total. The fraction of sp³-hybridized carbons (Fsp3) is 0.650. The van der Waals surface area contributed by atoms with Gasteiger partial charge in [-0.15, -0.1) is 0 Å². The minimum atomic E-state index is -0.137. The van der Waals surface area contributed by atoms with Crippen molar-refractivity contribution in [3.8, 4) is 5.75 Å². The highest BCUT2D eigenvalue weighted by Gasteiger charge is 2.25. The number of hydrogen-bond acceptors (Lipinski definition) is 5. The molecule has 0 spiro atoms. The maximum atomic E-state index is 5.96. The number of aliphatic imine (C=N–C) groups is 1. The van der Waals surface area contributed by atoms with Gasteiger partial charge in [0.1, 0.15) is 17.3 Å². The van der Waals surface area contributed by atoms with Crippen LogP contribution >= 0.6 is 0 Å². The van der Waals surface area contributed by atoms with Crippen LogP contribution in [-0.4, -0.2) is 31.1 Å². The summed E-state index contributed by atoms with van der Waals surface area (Å²) in [7, 11) is 0. The minimum absolute atomic E-state index is 0.137. The van der Waals surface area contributed by atoms with Crippen molar-refractivity contribution in [2.45, 2.75) is 71.1 Å². The van der Waals surface area contributed by atoms with Crippen molar-refractivity contribution in [1.82, 2.24) is 10.6 Å². The number of hydrogen-bond donors (Lipinski definition) is 3. The van der Waals surface area contributed by atoms with Gasteiger partial charge < -0.3 is 21.1 Å². The van der Waals surface area contributed by atoms with Crippen molar-refractivity contribution in [3.05, 3.63) is 23.3 Å². The molecule has 5 heteroatoms. The van der Waals surface area contributed by atoms with Gasteiger partial charge in [-0.25, -0.2) is 4.99 Å². The topological polar surface area (TPSA) is 71.7 Å². The Hall–Kier alpha value is -1.59. The number of amidine groups is 1. The molecule has 0 saturated carbocycles. The third kappa shape index (κ3) is 4.53. The number of fused-ring (bicyclic) bond motifs is 2. The average Bonchev–Trinajstić information content (AvgIpc) is 2.57. The fourth-order valence-corrected chi connectivity index (χ4v) is 3.61. The second kappa shape index (κ2) is 8.19. The van der Waals surface area contributed by atoms with E-state index in [0.29, 0.717) is 17.9 Å². The number of unbranched alkanes of at least 4 members (excludes halogenated alkanes) is 1. The molecule has 25 heavy (non-hydrogen) atoms. The van der Waals surface area contributed by atoms with Gasteiger partial charge in [-0.3, -0.25) is 0 Å². The Bertz CT molecular complexity index is 626. The minimum Gasteiger partial charge on any atom is -0.481 e. The molecule has 0 bridgehead atoms. The van der Waals surface area contributed by atoms with Crippen LogP contribution in [0.2, 0.25) is 0 Å². The first-order chi connectivity index (χ1) is 12.0. The summed E-state index contributed by atoms with van der Waals surface area (Å²) in [5.74, 6) is 1.44. The van der Waals surface area contributed by atoms with Crippen LogP contribution in [0.5, 0.6) is 5.75 Å². The molecule has 3 rings (SSSR count). The third-order valence-electron chi connectivity index (χ3n) is 5.05. The Labute approximate surface area is 151 Å². The standard InChI is InChI=1S/C20H32N4O/c1-13(2)22-9-4-5-10-23-17-8-6-7-15-11-19-18(12-16(15)17)24-20(21)14(3)25-19/h11-14,17,22-23H,4-10H2,1-3H3,(H2,21,24). The summed E-state index contributed by atoms with van der Waals surface area (Å²) in [6.45, 7) is 8.48. The van der Waals surface area contributed by atoms with E-state index in [1.165, 1.54) is 36.8 Å². The van der Waals surface area contributed by atoms with Gasteiger partial charge in [-0.1, -0.05) is 13.8 Å². The Morgan fingerprint density at radius 1 is 1.28 bits per heavy atom. The summed E-state index contributed by atoms with van der Waals surface area (Å²) < 4.78 is 5.91. The zero-order valence-corrected chi connectivity index (χ0v) is 15.8. The number of ether oxygens (including phenoxy) is 1. The molecule has 1 aromatic rings. The summed E-state index contributed by atoms with van der Waals surface area (Å²) in [4.78, 5) is 4.54. The van der Waals surface area contributed by atoms with Gasteiger partial charge in [0.05, 0.1) is 0 Å². The second-order valence-electron chi connectivity index (χ2n) is 7.53. The second-order valence-corrected chi connectivity index (χ2v) is 7.53. The Morgan fingerprint density at radius 2 is 2.08 bits per heavy atom. The van der Waals surface area contributed by atoms with Crippen molar-refractivity contribution >= 4 is 11.5 Å². The van der Waals surface area contributed by atoms with Gasteiger partial charge in [-0.2, -0.15) is 0 Å². The molecule has 5 nitrogen and oxygen atoms in total. The summed E-state index contributed by atoms with van der Waals surface area (Å²) in [5.41, 5.74) is 9.60. The summed E-state index contributed by atoms with van der Waals surface area (Å²) in [6.07, 6.45) is 5.80. The van der Waals surface area contributed by atoms with E-state index in [0.717, 1.165) is 30.9 Å². The van der Waals surface area contributed by atoms with Crippen molar-refractivity contribution in [2.24, 2.45) is 10.7 Å². The summed E-state index contributed by atoms with van der Waals surface area (Å²) in [5, 5.41) is 7.22. The van der Waals surface area contributed by atoms with Crippen LogP contribution in [0.4, 0.5) is 5.69 Å². The number of benzene rings is 1. The molecule has 1 aliphatic heterocycles. The first kappa shape index (κ1) is 18.2. The maximum Gasteiger partial charge on any atom is 0.153 e. The lowest BCUT2D eigenvalue weighted by molar-refractivity contribution is 0.281. The predicted molar refractivity (Wildman–Crippen MR) is 104 cm³/mol. The highest BCUT2D eigenvalue weighted by Crippen LogP contribution is 2.40. The van der Waals surface area contributed by atoms with E-state index in [-0.39, 0.29) is 6.10 Å². The zero-order chi connectivity index (χ0) is 17.8. The van der Waals surface area contributed by atoms with Crippen LogP contribution < -0.4 is 21.1 Å². The Morgan fingerprint density at radius 3 is 2.88 bits per heavy atom. The van der Waals surface area contributed by atoms with Crippen molar-refractivity contribution in [1.29, 1.82) is 0 Å². The molecular formula is C20H32N4O. The molecule has 138 valence electrons. The Balaban J connectivity index is 1.61. The van der Waals surface area contributed by atoms with Crippen LogP contribution in [0.25, 0.3) is 0 Å². The van der Waals surface area contributed by atoms with E-state index in [9.17, 15) is 0 Å². The van der Waals surface area contributed by atoms with Crippen LogP contribution in [0.1, 0.15) is 63.6 Å². The largest absolute Gasteiger partial charge is 0.481 e. The maximum absolute atomic E-state index is 5.96. The molecule has 0 radical (unpaired) electrons. The SMILES string of the molecule is CC(C)NCCCCNC1CCCc2cc3c(cc21)N=C(N)C(C)O3. The van der Waals surface area contributed by atoms with E-state index in [4.69, 9.17) is 10.5 Å². The Kier molecular flexibility index (Phi) is 5.97. The highest BCUT2D eigenvalue weighted by atomic mass is 16.5. The molecular weight excluding hydrogens is 312 g/mol. The fourth-order valence-electron chi connectivity index (χ4n) is 3.61. The van der Waals surface area contributed by atoms with E-state index in [2.05, 4.69) is 41.6 Å². The van der Waals surface area contributed by atoms with E-state index in [1.54, 1.807) is 0 Å². The van der Waals surface area contributed by atoms with E-state index in [1.807, 2.05) is 6.92 Å². The lowest BCUT2D eigenvalue weighted by Gasteiger charge is -2.29. The monoisotopic (exact) mass is 344 g/mol. The van der Waals surface area contributed by atoms with Gasteiger partial charge in [-0.05, 0) is 75.4 Å². The normalized spacial score (nSPS) is 22.2. The molecule has 1 aliphatic carbocycles. The summed E-state index contributed by atoms with van der Waals surface area (Å²) in [6, 6.07) is 5.35. The summed E-state index contributed by atoms with van der Waals surface area (Å²) >= 11 is 0. The van der Waals surface area contributed by atoms with Gasteiger partial charge >= 0.3 is 0 Å². The smallest absolute Gasteiger partial charge is 0.153 e. The molecule has 2 unspecified atom stereocenters. The van der Waals surface area contributed by atoms with Gasteiger partial charge in [0.25, 0.3) is 0 Å². The molecule has 2 aliphatic rings. The zero-order valence-electron chi connectivity index (χ0n) is 15.8. The molecule has 0 aromatic heterocycles. The molecule has 0 fully saturated rings. The van der Waals surface area contributed by atoms with E-state index < -0.39 is 0 Å². The first-order valence-electron chi connectivity index (χ1n) is 9.69. The van der Waals surface area contributed by atoms with Crippen LogP contribution in [0, 0.1) is 0 Å². The lowest BCUT2D eigenvalue weighted by atomic mass is 9.86.